The van der Waals surface area contributed by atoms with Crippen molar-refractivity contribution in [1.29, 1.82) is 0 Å². The Morgan fingerprint density at radius 1 is 1.22 bits per heavy atom. The van der Waals surface area contributed by atoms with E-state index < -0.39 is 5.97 Å². The van der Waals surface area contributed by atoms with Gasteiger partial charge in [-0.15, -0.1) is 0 Å². The van der Waals surface area contributed by atoms with Crippen LogP contribution in [0.3, 0.4) is 0 Å². The molecule has 27 heavy (non-hydrogen) atoms. The van der Waals surface area contributed by atoms with Gasteiger partial charge in [0.05, 0.1) is 28.7 Å². The van der Waals surface area contributed by atoms with Crippen molar-refractivity contribution in [2.24, 2.45) is 0 Å². The highest BCUT2D eigenvalue weighted by Gasteiger charge is 2.29. The van der Waals surface area contributed by atoms with Gasteiger partial charge in [0.1, 0.15) is 5.15 Å². The van der Waals surface area contributed by atoms with Crippen LogP contribution in [0.2, 0.25) is 15.2 Å². The van der Waals surface area contributed by atoms with Gasteiger partial charge in [-0.2, -0.15) is 5.10 Å². The van der Waals surface area contributed by atoms with Crippen LogP contribution in [0.25, 0.3) is 17.1 Å². The molecule has 0 saturated heterocycles. The zero-order valence-corrected chi connectivity index (χ0v) is 16.8. The van der Waals surface area contributed by atoms with Crippen molar-refractivity contribution < 1.29 is 9.53 Å². The van der Waals surface area contributed by atoms with Crippen LogP contribution in [0, 0.1) is 0 Å². The van der Waals surface area contributed by atoms with Gasteiger partial charge in [0.15, 0.2) is 5.69 Å². The summed E-state index contributed by atoms with van der Waals surface area (Å²) in [4.78, 5) is 12.5. The van der Waals surface area contributed by atoms with E-state index in [-0.39, 0.29) is 6.61 Å². The average molecular weight is 425 g/mol. The van der Waals surface area contributed by atoms with Crippen molar-refractivity contribution in [3.8, 4) is 17.1 Å². The van der Waals surface area contributed by atoms with Crippen molar-refractivity contribution in [3.63, 3.8) is 0 Å². The van der Waals surface area contributed by atoms with E-state index in [0.29, 0.717) is 33.0 Å². The van der Waals surface area contributed by atoms with E-state index in [4.69, 9.17) is 39.5 Å². The fourth-order valence-electron chi connectivity index (χ4n) is 3.43. The number of hydrogen-bond donors (Lipinski definition) is 0. The lowest BCUT2D eigenvalue weighted by Gasteiger charge is -2.12. The van der Waals surface area contributed by atoms with Gasteiger partial charge in [-0.3, -0.25) is 0 Å². The van der Waals surface area contributed by atoms with Crippen LogP contribution in [0.5, 0.6) is 0 Å². The van der Waals surface area contributed by atoms with E-state index >= 15 is 0 Å². The first-order valence-electron chi connectivity index (χ1n) is 8.61. The molecule has 0 N–H and O–H groups in total. The van der Waals surface area contributed by atoms with Crippen LogP contribution in [-0.2, 0) is 17.7 Å². The first-order valence-corrected chi connectivity index (χ1v) is 9.74. The molecule has 1 aliphatic rings. The van der Waals surface area contributed by atoms with Crippen LogP contribution in [-0.4, -0.2) is 26.9 Å². The monoisotopic (exact) mass is 423 g/mol. The SMILES string of the molecule is CCOC(=O)c1nn(-c2ccc(Cl)cc2Cl)c2c1CCCn1c(Cl)ccc1-2. The number of carbonyl (C=O) groups is 1. The Morgan fingerprint density at radius 2 is 2.04 bits per heavy atom. The minimum atomic E-state index is -0.441. The molecule has 2 aromatic heterocycles. The molecule has 0 saturated carbocycles. The normalized spacial score (nSPS) is 13.0. The molecule has 0 aliphatic carbocycles. The van der Waals surface area contributed by atoms with Gasteiger partial charge in [-0.25, -0.2) is 9.48 Å². The summed E-state index contributed by atoms with van der Waals surface area (Å²) in [5.41, 5.74) is 3.48. The van der Waals surface area contributed by atoms with Gasteiger partial charge in [0, 0.05) is 17.1 Å². The molecule has 3 aromatic rings. The molecule has 8 heteroatoms. The second-order valence-corrected chi connectivity index (χ2v) is 7.43. The van der Waals surface area contributed by atoms with Crippen LogP contribution >= 0.6 is 34.8 Å². The van der Waals surface area contributed by atoms with E-state index in [1.54, 1.807) is 29.8 Å². The van der Waals surface area contributed by atoms with Crippen LogP contribution in [0.1, 0.15) is 29.4 Å². The zero-order valence-electron chi connectivity index (χ0n) is 14.5. The smallest absolute Gasteiger partial charge is 0.359 e. The first-order chi connectivity index (χ1) is 13.0. The molecular formula is C19H16Cl3N3O2. The second kappa shape index (κ2) is 7.23. The Kier molecular flexibility index (Phi) is 4.93. The van der Waals surface area contributed by atoms with Crippen LogP contribution < -0.4 is 0 Å². The number of nitrogens with zero attached hydrogens (tertiary/aromatic N) is 3. The van der Waals surface area contributed by atoms with E-state index in [1.165, 1.54) is 0 Å². The van der Waals surface area contributed by atoms with E-state index in [9.17, 15) is 4.79 Å². The molecule has 0 spiro atoms. The van der Waals surface area contributed by atoms with Gasteiger partial charge < -0.3 is 9.30 Å². The maximum absolute atomic E-state index is 12.5. The van der Waals surface area contributed by atoms with Crippen molar-refractivity contribution in [1.82, 2.24) is 14.3 Å². The minimum Gasteiger partial charge on any atom is -0.461 e. The highest BCUT2D eigenvalue weighted by Crippen LogP contribution is 2.37. The summed E-state index contributed by atoms with van der Waals surface area (Å²) < 4.78 is 8.93. The van der Waals surface area contributed by atoms with E-state index in [0.717, 1.165) is 29.9 Å². The number of ether oxygens (including phenoxy) is 1. The highest BCUT2D eigenvalue weighted by molar-refractivity contribution is 6.35. The number of carbonyl (C=O) groups excluding carboxylic acids is 1. The summed E-state index contributed by atoms with van der Waals surface area (Å²) in [5, 5.41) is 6.19. The molecule has 0 fully saturated rings. The topological polar surface area (TPSA) is 49.0 Å². The number of halogens is 3. The van der Waals surface area contributed by atoms with Crippen LogP contribution in [0.4, 0.5) is 0 Å². The van der Waals surface area contributed by atoms with Crippen molar-refractivity contribution in [3.05, 3.63) is 56.8 Å². The van der Waals surface area contributed by atoms with Gasteiger partial charge >= 0.3 is 5.97 Å². The zero-order chi connectivity index (χ0) is 19.1. The quantitative estimate of drug-likeness (QED) is 0.527. The predicted octanol–water partition coefficient (Wildman–Crippen LogP) is 5.42. The molecule has 140 valence electrons. The largest absolute Gasteiger partial charge is 0.461 e. The lowest BCUT2D eigenvalue weighted by Crippen LogP contribution is -2.09. The number of esters is 1. The number of rotatable bonds is 3. The maximum Gasteiger partial charge on any atom is 0.359 e. The summed E-state index contributed by atoms with van der Waals surface area (Å²) in [6.45, 7) is 2.81. The summed E-state index contributed by atoms with van der Waals surface area (Å²) in [5.74, 6) is -0.441. The Bertz CT molecular complexity index is 1040. The predicted molar refractivity (Wildman–Crippen MR) is 106 cm³/mol. The van der Waals surface area contributed by atoms with Crippen molar-refractivity contribution >= 4 is 40.8 Å². The summed E-state index contributed by atoms with van der Waals surface area (Å²) in [6.07, 6.45) is 1.52. The lowest BCUT2D eigenvalue weighted by atomic mass is 10.1. The number of benzene rings is 1. The third kappa shape index (κ3) is 3.14. The Labute approximate surface area is 171 Å². The Hall–Kier alpha value is -1.95. The van der Waals surface area contributed by atoms with Crippen molar-refractivity contribution in [2.45, 2.75) is 26.3 Å². The molecule has 0 unspecified atom stereocenters. The van der Waals surface area contributed by atoms with Crippen LogP contribution in [0.15, 0.2) is 30.3 Å². The number of hydrogen-bond acceptors (Lipinski definition) is 3. The standard InChI is InChI=1S/C19H16Cl3N3O2/c1-2-27-19(26)17-12-4-3-9-24-15(7-8-16(24)22)18(12)25(23-17)14-6-5-11(20)10-13(14)21/h5-8,10H,2-4,9H2,1H3. The molecule has 3 heterocycles. The molecule has 1 aromatic carbocycles. The van der Waals surface area contributed by atoms with Gasteiger partial charge in [0.2, 0.25) is 0 Å². The van der Waals surface area contributed by atoms with Gasteiger partial charge in [-0.05, 0) is 50.1 Å². The molecule has 0 bridgehead atoms. The van der Waals surface area contributed by atoms with Crippen molar-refractivity contribution in [2.75, 3.05) is 6.61 Å². The number of fused-ring (bicyclic) bond motifs is 3. The second-order valence-electron chi connectivity index (χ2n) is 6.20. The fourth-order valence-corrected chi connectivity index (χ4v) is 4.16. The first kappa shape index (κ1) is 18.4. The molecule has 4 rings (SSSR count). The minimum absolute atomic E-state index is 0.282. The molecule has 5 nitrogen and oxygen atoms in total. The Morgan fingerprint density at radius 3 is 2.78 bits per heavy atom. The Balaban J connectivity index is 2.01. The molecule has 0 amide bonds. The number of aromatic nitrogens is 3. The molecule has 1 aliphatic heterocycles. The molecular weight excluding hydrogens is 409 g/mol. The maximum atomic E-state index is 12.5. The third-order valence-corrected chi connectivity index (χ3v) is 5.44. The summed E-state index contributed by atoms with van der Waals surface area (Å²) >= 11 is 18.8. The van der Waals surface area contributed by atoms with E-state index in [1.807, 2.05) is 16.7 Å². The molecule has 0 atom stereocenters. The third-order valence-electron chi connectivity index (χ3n) is 4.57. The van der Waals surface area contributed by atoms with Gasteiger partial charge in [-0.1, -0.05) is 34.8 Å². The van der Waals surface area contributed by atoms with Gasteiger partial charge in [0.25, 0.3) is 0 Å². The summed E-state index contributed by atoms with van der Waals surface area (Å²) in [7, 11) is 0. The summed E-state index contributed by atoms with van der Waals surface area (Å²) in [6, 6.07) is 8.95. The fraction of sp³-hybridized carbons (Fsp3) is 0.263. The highest BCUT2D eigenvalue weighted by atomic mass is 35.5. The lowest BCUT2D eigenvalue weighted by molar-refractivity contribution is 0.0517. The molecule has 0 radical (unpaired) electrons. The average Bonchev–Trinajstić information content (AvgIpc) is 3.10. The van der Waals surface area contributed by atoms with E-state index in [2.05, 4.69) is 5.10 Å².